The van der Waals surface area contributed by atoms with E-state index in [-0.39, 0.29) is 11.8 Å². The summed E-state index contributed by atoms with van der Waals surface area (Å²) in [7, 11) is 3.18. The van der Waals surface area contributed by atoms with E-state index in [1.54, 1.807) is 49.4 Å². The van der Waals surface area contributed by atoms with Crippen LogP contribution in [0.5, 0.6) is 11.5 Å². The summed E-state index contributed by atoms with van der Waals surface area (Å²) in [4.78, 5) is 25.9. The molecular formula is C25H23ClN3O4+. The molecule has 3 aromatic carbocycles. The van der Waals surface area contributed by atoms with Crippen molar-refractivity contribution < 1.29 is 23.7 Å². The second kappa shape index (κ2) is 9.75. The standard InChI is InChI=1S/C25H22ClN3O4/c1-32-20-13-9-16(10-14-20)23-22(27-24(30)17-7-11-19(26)12-8-17)25(31)28-29(23)15-18-5-3-4-6-21(18)33-2/h3-15,22-23H,1-2H3,(H-,27,28,30,31)/p+1/b29-15-/t22-,23+/m1/s1. The second-order valence-corrected chi connectivity index (χ2v) is 7.87. The van der Waals surface area contributed by atoms with E-state index in [1.807, 2.05) is 48.5 Å². The van der Waals surface area contributed by atoms with E-state index in [0.717, 1.165) is 11.1 Å². The Morgan fingerprint density at radius 2 is 1.70 bits per heavy atom. The van der Waals surface area contributed by atoms with Crippen molar-refractivity contribution in [1.29, 1.82) is 0 Å². The van der Waals surface area contributed by atoms with Crippen molar-refractivity contribution in [1.82, 2.24) is 10.7 Å². The zero-order chi connectivity index (χ0) is 23.4. The zero-order valence-electron chi connectivity index (χ0n) is 18.1. The lowest BCUT2D eigenvalue weighted by molar-refractivity contribution is -0.596. The Morgan fingerprint density at radius 1 is 1.00 bits per heavy atom. The van der Waals surface area contributed by atoms with E-state index in [2.05, 4.69) is 10.7 Å². The predicted octanol–water partition coefficient (Wildman–Crippen LogP) is 3.37. The molecule has 33 heavy (non-hydrogen) atoms. The lowest BCUT2D eigenvalue weighted by Crippen LogP contribution is -2.42. The summed E-state index contributed by atoms with van der Waals surface area (Å²) in [6.45, 7) is 0. The molecule has 1 fully saturated rings. The number of rotatable bonds is 6. The molecule has 2 N–H and O–H groups in total. The van der Waals surface area contributed by atoms with Crippen LogP contribution in [0.2, 0.25) is 5.02 Å². The highest BCUT2D eigenvalue weighted by Gasteiger charge is 2.48. The van der Waals surface area contributed by atoms with Crippen LogP contribution in [0, 0.1) is 0 Å². The molecular weight excluding hydrogens is 442 g/mol. The number of nitrogens with one attached hydrogen (secondary N) is 2. The van der Waals surface area contributed by atoms with Gasteiger partial charge in [0.05, 0.1) is 19.8 Å². The fraction of sp³-hybridized carbons (Fsp3) is 0.160. The van der Waals surface area contributed by atoms with Gasteiger partial charge in [-0.25, -0.2) is 0 Å². The number of para-hydroxylation sites is 1. The monoisotopic (exact) mass is 464 g/mol. The number of halogens is 1. The Morgan fingerprint density at radius 3 is 2.36 bits per heavy atom. The number of nitrogens with zero attached hydrogens (tertiary/aromatic N) is 1. The second-order valence-electron chi connectivity index (χ2n) is 7.43. The van der Waals surface area contributed by atoms with Crippen molar-refractivity contribution in [2.75, 3.05) is 14.2 Å². The highest BCUT2D eigenvalue weighted by atomic mass is 35.5. The van der Waals surface area contributed by atoms with Crippen molar-refractivity contribution >= 4 is 29.6 Å². The zero-order valence-corrected chi connectivity index (χ0v) is 18.9. The van der Waals surface area contributed by atoms with E-state index >= 15 is 0 Å². The molecule has 1 aliphatic rings. The predicted molar refractivity (Wildman–Crippen MR) is 125 cm³/mol. The van der Waals surface area contributed by atoms with E-state index in [0.29, 0.717) is 22.1 Å². The number of carbonyl (C=O) groups is 2. The molecule has 1 saturated heterocycles. The van der Waals surface area contributed by atoms with Crippen LogP contribution in [0.1, 0.15) is 27.5 Å². The molecule has 2 atom stereocenters. The number of benzene rings is 3. The average Bonchev–Trinajstić information content (AvgIpc) is 3.14. The first-order valence-corrected chi connectivity index (χ1v) is 10.6. The SMILES string of the molecule is COc1ccc([C@H]2[C@@H](NC(=O)c3ccc(Cl)cc3)C(=O)N/[N+]2=C\c2ccccc2OC)cc1. The van der Waals surface area contributed by atoms with Crippen LogP contribution in [-0.2, 0) is 4.79 Å². The van der Waals surface area contributed by atoms with Gasteiger partial charge in [-0.1, -0.05) is 23.7 Å². The van der Waals surface area contributed by atoms with Gasteiger partial charge in [-0.3, -0.25) is 9.59 Å². The van der Waals surface area contributed by atoms with E-state index in [4.69, 9.17) is 21.1 Å². The van der Waals surface area contributed by atoms with Gasteiger partial charge in [0.15, 0.2) is 6.04 Å². The summed E-state index contributed by atoms with van der Waals surface area (Å²) in [5.74, 6) is 0.653. The minimum Gasteiger partial charge on any atom is -0.497 e. The Hall–Kier alpha value is -3.84. The largest absolute Gasteiger partial charge is 0.497 e. The third-order valence-electron chi connectivity index (χ3n) is 5.40. The quantitative estimate of drug-likeness (QED) is 0.548. The highest BCUT2D eigenvalue weighted by molar-refractivity contribution is 6.30. The van der Waals surface area contributed by atoms with Crippen molar-refractivity contribution in [3.8, 4) is 11.5 Å². The lowest BCUT2D eigenvalue weighted by atomic mass is 9.99. The Labute approximate surface area is 196 Å². The minimum absolute atomic E-state index is 0.329. The first-order valence-electron chi connectivity index (χ1n) is 10.3. The molecule has 0 aliphatic carbocycles. The summed E-state index contributed by atoms with van der Waals surface area (Å²) < 4.78 is 12.4. The molecule has 0 saturated carbocycles. The molecule has 8 heteroatoms. The Balaban J connectivity index is 1.72. The number of hydrogen-bond donors (Lipinski definition) is 2. The Kier molecular flexibility index (Phi) is 6.60. The highest BCUT2D eigenvalue weighted by Crippen LogP contribution is 2.28. The molecule has 0 spiro atoms. The molecule has 7 nitrogen and oxygen atoms in total. The molecule has 3 aromatic rings. The number of hydrogen-bond acceptors (Lipinski definition) is 4. The maximum Gasteiger partial charge on any atom is 0.304 e. The summed E-state index contributed by atoms with van der Waals surface area (Å²) in [6, 6.07) is 20.0. The van der Waals surface area contributed by atoms with Crippen LogP contribution < -0.4 is 20.2 Å². The van der Waals surface area contributed by atoms with Gasteiger partial charge in [-0.15, -0.1) is 10.1 Å². The van der Waals surface area contributed by atoms with E-state index in [9.17, 15) is 9.59 Å². The minimum atomic E-state index is -0.840. The fourth-order valence-corrected chi connectivity index (χ4v) is 3.86. The van der Waals surface area contributed by atoms with Crippen LogP contribution >= 0.6 is 11.6 Å². The van der Waals surface area contributed by atoms with Crippen molar-refractivity contribution in [3.63, 3.8) is 0 Å². The van der Waals surface area contributed by atoms with Crippen molar-refractivity contribution in [3.05, 3.63) is 94.5 Å². The van der Waals surface area contributed by atoms with E-state index in [1.165, 1.54) is 0 Å². The molecule has 4 rings (SSSR count). The molecule has 1 heterocycles. The summed E-state index contributed by atoms with van der Waals surface area (Å²) >= 11 is 5.93. The van der Waals surface area contributed by atoms with Crippen LogP contribution in [0.4, 0.5) is 0 Å². The van der Waals surface area contributed by atoms with Crippen molar-refractivity contribution in [2.45, 2.75) is 12.1 Å². The number of hydrazine groups is 1. The smallest absolute Gasteiger partial charge is 0.304 e. The van der Waals surface area contributed by atoms with Gasteiger partial charge in [0.25, 0.3) is 5.91 Å². The van der Waals surface area contributed by atoms with Gasteiger partial charge in [0.1, 0.15) is 11.5 Å². The van der Waals surface area contributed by atoms with Crippen LogP contribution in [0.3, 0.4) is 0 Å². The van der Waals surface area contributed by atoms with Crippen molar-refractivity contribution in [2.24, 2.45) is 0 Å². The van der Waals surface area contributed by atoms with Gasteiger partial charge in [-0.2, -0.15) is 0 Å². The van der Waals surface area contributed by atoms with Crippen LogP contribution in [-0.4, -0.2) is 43.0 Å². The van der Waals surface area contributed by atoms with Gasteiger partial charge in [-0.05, 0) is 60.7 Å². The van der Waals surface area contributed by atoms with Crippen LogP contribution in [0.15, 0.2) is 72.8 Å². The normalized spacial score (nSPS) is 18.6. The summed E-state index contributed by atoms with van der Waals surface area (Å²) in [5.41, 5.74) is 4.88. The molecule has 0 bridgehead atoms. The maximum absolute atomic E-state index is 13.0. The maximum atomic E-state index is 13.0. The molecule has 1 aliphatic heterocycles. The fourth-order valence-electron chi connectivity index (χ4n) is 3.73. The van der Waals surface area contributed by atoms with Crippen LogP contribution in [0.25, 0.3) is 0 Å². The first kappa shape index (κ1) is 22.4. The van der Waals surface area contributed by atoms with Gasteiger partial charge >= 0.3 is 5.91 Å². The number of methoxy groups -OCH3 is 2. The molecule has 168 valence electrons. The number of carbonyl (C=O) groups excluding carboxylic acids is 2. The van der Waals surface area contributed by atoms with Gasteiger partial charge < -0.3 is 14.8 Å². The molecule has 0 aromatic heterocycles. The number of ether oxygens (including phenoxy) is 2. The first-order chi connectivity index (χ1) is 16.0. The van der Waals surface area contributed by atoms with Gasteiger partial charge in [0.2, 0.25) is 12.3 Å². The molecule has 0 radical (unpaired) electrons. The number of hydrazone groups is 1. The topological polar surface area (TPSA) is 79.7 Å². The summed E-state index contributed by atoms with van der Waals surface area (Å²) in [5, 5.41) is 3.39. The average molecular weight is 465 g/mol. The lowest BCUT2D eigenvalue weighted by Gasteiger charge is -2.15. The Bertz CT molecular complexity index is 1190. The summed E-state index contributed by atoms with van der Waals surface area (Å²) in [6.07, 6.45) is 1.79. The van der Waals surface area contributed by atoms with E-state index < -0.39 is 12.1 Å². The third kappa shape index (κ3) is 4.83. The molecule has 2 amide bonds. The molecule has 0 unspecified atom stereocenters. The van der Waals surface area contributed by atoms with Gasteiger partial charge in [0, 0.05) is 16.1 Å². The third-order valence-corrected chi connectivity index (χ3v) is 5.66. The number of amides is 2.